The Balaban J connectivity index is -0.000000343. The van der Waals surface area contributed by atoms with Gasteiger partial charge in [-0.05, 0) is 56.3 Å². The van der Waals surface area contributed by atoms with Crippen molar-refractivity contribution in [3.05, 3.63) is 0 Å². The standard InChI is InChI=1S/C8H18O3.2C6H12O.2C3H8/c1-7(2)3-8(4-9,5-10)6-11;1-5-2-3-6(7)4-5;1-5-3-2-4-6(5)7;2*1-3-2/h7,9-11H,3-6H2,1-2H3;2*5-7H,2-4H2,1H3;2*3H2,1-2H3/t;2*5-,6-;;/m.11../s1. The van der Waals surface area contributed by atoms with Crippen molar-refractivity contribution in [2.75, 3.05) is 19.8 Å². The molecule has 31 heavy (non-hydrogen) atoms. The predicted molar refractivity (Wildman–Crippen MR) is 133 cm³/mol. The maximum Gasteiger partial charge on any atom is 0.0565 e. The van der Waals surface area contributed by atoms with Crippen molar-refractivity contribution in [3.8, 4) is 0 Å². The number of aliphatic hydroxyl groups is 5. The first-order valence-electron chi connectivity index (χ1n) is 12.7. The summed E-state index contributed by atoms with van der Waals surface area (Å²) in [5.74, 6) is 1.72. The number of hydrogen-bond acceptors (Lipinski definition) is 5. The van der Waals surface area contributed by atoms with Gasteiger partial charge in [-0.15, -0.1) is 0 Å². The highest BCUT2D eigenvalue weighted by Gasteiger charge is 2.28. The Morgan fingerprint density at radius 1 is 0.774 bits per heavy atom. The molecule has 0 amide bonds. The molecule has 0 bridgehead atoms. The quantitative estimate of drug-likeness (QED) is 0.398. The molecule has 0 spiro atoms. The Morgan fingerprint density at radius 2 is 1.23 bits per heavy atom. The first-order chi connectivity index (χ1) is 14.5. The SMILES string of the molecule is CC(C)CC(CO)(CO)CO.CCC.CCC.C[C@@H]1CCC[C@H]1O.C[C@@H]1CC[C@@H](O)C1. The van der Waals surface area contributed by atoms with Gasteiger partial charge in [0.05, 0.1) is 32.0 Å². The Morgan fingerprint density at radius 3 is 1.32 bits per heavy atom. The lowest BCUT2D eigenvalue weighted by atomic mass is 9.82. The Bertz CT molecular complexity index is 318. The summed E-state index contributed by atoms with van der Waals surface area (Å²) in [5, 5.41) is 44.6. The molecule has 0 heterocycles. The second kappa shape index (κ2) is 23.0. The van der Waals surface area contributed by atoms with Crippen LogP contribution < -0.4 is 0 Å². The van der Waals surface area contributed by atoms with Gasteiger partial charge in [0.15, 0.2) is 0 Å². The lowest BCUT2D eigenvalue weighted by molar-refractivity contribution is -0.00897. The van der Waals surface area contributed by atoms with Crippen LogP contribution >= 0.6 is 0 Å². The molecule has 192 valence electrons. The molecule has 0 saturated heterocycles. The summed E-state index contributed by atoms with van der Waals surface area (Å²) in [5.41, 5.74) is -0.686. The normalized spacial score (nSPS) is 24.6. The molecule has 0 aromatic rings. The van der Waals surface area contributed by atoms with Crippen molar-refractivity contribution in [1.82, 2.24) is 0 Å². The average Bonchev–Trinajstić information content (AvgIpc) is 3.28. The van der Waals surface area contributed by atoms with Gasteiger partial charge in [-0.25, -0.2) is 0 Å². The summed E-state index contributed by atoms with van der Waals surface area (Å²) in [6.45, 7) is 16.3. The molecular weight excluding hydrogens is 392 g/mol. The fraction of sp³-hybridized carbons (Fsp3) is 1.00. The summed E-state index contributed by atoms with van der Waals surface area (Å²) < 4.78 is 0. The first kappa shape index (κ1) is 35.4. The van der Waals surface area contributed by atoms with E-state index in [1.807, 2.05) is 13.8 Å². The minimum Gasteiger partial charge on any atom is -0.396 e. The van der Waals surface area contributed by atoms with E-state index >= 15 is 0 Å². The van der Waals surface area contributed by atoms with Crippen LogP contribution in [0.25, 0.3) is 0 Å². The molecule has 4 atom stereocenters. The molecule has 2 fully saturated rings. The van der Waals surface area contributed by atoms with Gasteiger partial charge >= 0.3 is 0 Å². The number of hydrogen-bond donors (Lipinski definition) is 5. The lowest BCUT2D eigenvalue weighted by Gasteiger charge is -2.28. The Labute approximate surface area is 194 Å². The van der Waals surface area contributed by atoms with Crippen molar-refractivity contribution in [3.63, 3.8) is 0 Å². The second-order valence-electron chi connectivity index (χ2n) is 10.0. The molecular formula is C26H58O5. The topological polar surface area (TPSA) is 101 Å². The molecule has 0 unspecified atom stereocenters. The van der Waals surface area contributed by atoms with Crippen molar-refractivity contribution in [2.24, 2.45) is 23.2 Å². The minimum absolute atomic E-state index is 0.0139. The third kappa shape index (κ3) is 21.4. The van der Waals surface area contributed by atoms with E-state index < -0.39 is 5.41 Å². The minimum atomic E-state index is -0.686. The van der Waals surface area contributed by atoms with E-state index in [-0.39, 0.29) is 32.0 Å². The Hall–Kier alpha value is -0.200. The monoisotopic (exact) mass is 450 g/mol. The van der Waals surface area contributed by atoms with Crippen molar-refractivity contribution < 1.29 is 25.5 Å². The summed E-state index contributed by atoms with van der Waals surface area (Å²) in [7, 11) is 0. The van der Waals surface area contributed by atoms with Crippen LogP contribution in [0.2, 0.25) is 0 Å². The zero-order valence-electron chi connectivity index (χ0n) is 22.1. The largest absolute Gasteiger partial charge is 0.396 e. The van der Waals surface area contributed by atoms with E-state index in [1.54, 1.807) is 0 Å². The van der Waals surface area contributed by atoms with Gasteiger partial charge in [-0.3, -0.25) is 0 Å². The number of rotatable bonds is 5. The van der Waals surface area contributed by atoms with Gasteiger partial charge in [0, 0.05) is 5.41 Å². The van der Waals surface area contributed by atoms with Gasteiger partial charge in [-0.2, -0.15) is 0 Å². The van der Waals surface area contributed by atoms with E-state index in [9.17, 15) is 0 Å². The van der Waals surface area contributed by atoms with Crippen molar-refractivity contribution in [1.29, 1.82) is 0 Å². The molecule has 5 nitrogen and oxygen atoms in total. The summed E-state index contributed by atoms with van der Waals surface area (Å²) in [6.07, 6.45) is 9.94. The van der Waals surface area contributed by atoms with Crippen LogP contribution in [-0.2, 0) is 0 Å². The van der Waals surface area contributed by atoms with Crippen molar-refractivity contribution >= 4 is 0 Å². The highest BCUT2D eigenvalue weighted by atomic mass is 16.3. The first-order valence-corrected chi connectivity index (χ1v) is 12.7. The second-order valence-corrected chi connectivity index (χ2v) is 10.0. The molecule has 5 N–H and O–H groups in total. The maximum atomic E-state index is 9.00. The summed E-state index contributed by atoms with van der Waals surface area (Å²) >= 11 is 0. The molecule has 0 radical (unpaired) electrons. The molecule has 0 aliphatic heterocycles. The third-order valence-corrected chi connectivity index (χ3v) is 5.33. The van der Waals surface area contributed by atoms with Crippen LogP contribution in [0, 0.1) is 23.2 Å². The van der Waals surface area contributed by atoms with Crippen LogP contribution in [0.4, 0.5) is 0 Å². The molecule has 5 heteroatoms. The number of aliphatic hydroxyl groups excluding tert-OH is 5. The van der Waals surface area contributed by atoms with Gasteiger partial charge < -0.3 is 25.5 Å². The predicted octanol–water partition coefficient (Wildman–Crippen LogP) is 5.16. The smallest absolute Gasteiger partial charge is 0.0565 e. The maximum absolute atomic E-state index is 9.00. The highest BCUT2D eigenvalue weighted by molar-refractivity contribution is 4.78. The summed E-state index contributed by atoms with van der Waals surface area (Å²) in [4.78, 5) is 0. The molecule has 2 saturated carbocycles. The zero-order chi connectivity index (χ0) is 24.9. The van der Waals surface area contributed by atoms with Crippen LogP contribution in [0.15, 0.2) is 0 Å². The summed E-state index contributed by atoms with van der Waals surface area (Å²) in [6, 6.07) is 0. The fourth-order valence-corrected chi connectivity index (χ4v) is 3.51. The zero-order valence-corrected chi connectivity index (χ0v) is 22.1. The lowest BCUT2D eigenvalue weighted by Crippen LogP contribution is -2.35. The van der Waals surface area contributed by atoms with Crippen molar-refractivity contribution in [2.45, 2.75) is 125 Å². The van der Waals surface area contributed by atoms with Crippen LogP contribution in [0.3, 0.4) is 0 Å². The van der Waals surface area contributed by atoms with E-state index in [0.29, 0.717) is 18.3 Å². The fourth-order valence-electron chi connectivity index (χ4n) is 3.51. The van der Waals surface area contributed by atoms with E-state index in [2.05, 4.69) is 41.5 Å². The molecule has 0 aromatic heterocycles. The van der Waals surface area contributed by atoms with Crippen LogP contribution in [0.5, 0.6) is 0 Å². The molecule has 2 aliphatic rings. The van der Waals surface area contributed by atoms with Crippen LogP contribution in [0.1, 0.15) is 113 Å². The average molecular weight is 451 g/mol. The van der Waals surface area contributed by atoms with E-state index in [0.717, 1.165) is 25.2 Å². The van der Waals surface area contributed by atoms with Gasteiger partial charge in [0.1, 0.15) is 0 Å². The van der Waals surface area contributed by atoms with Gasteiger partial charge in [0.2, 0.25) is 0 Å². The molecule has 2 aliphatic carbocycles. The van der Waals surface area contributed by atoms with Gasteiger partial charge in [0.25, 0.3) is 0 Å². The Kier molecular flexibility index (Phi) is 26.2. The van der Waals surface area contributed by atoms with Gasteiger partial charge in [-0.1, -0.05) is 74.7 Å². The van der Waals surface area contributed by atoms with E-state index in [1.165, 1.54) is 32.1 Å². The van der Waals surface area contributed by atoms with Crippen LogP contribution in [-0.4, -0.2) is 57.6 Å². The highest BCUT2D eigenvalue weighted by Crippen LogP contribution is 2.25. The molecule has 0 aromatic carbocycles. The van der Waals surface area contributed by atoms with E-state index in [4.69, 9.17) is 25.5 Å². The third-order valence-electron chi connectivity index (χ3n) is 5.33. The molecule has 2 rings (SSSR count).